The molecule has 0 spiro atoms. The van der Waals surface area contributed by atoms with Gasteiger partial charge in [0.1, 0.15) is 0 Å². The fraction of sp³-hybridized carbons (Fsp3) is 0.556. The molecule has 2 rings (SSSR count). The maximum absolute atomic E-state index is 10.6. The lowest BCUT2D eigenvalue weighted by molar-refractivity contribution is 0.112. The molecule has 1 atom stereocenters. The van der Waals surface area contributed by atoms with Crippen LogP contribution in [0.5, 0.6) is 0 Å². The predicted octanol–water partition coefficient (Wildman–Crippen LogP) is 0.954. The summed E-state index contributed by atoms with van der Waals surface area (Å²) in [6.07, 6.45) is 4.49. The highest BCUT2D eigenvalue weighted by Gasteiger charge is 2.21. The maximum atomic E-state index is 10.6. The SMILES string of the molecule is O=Cc1cnoc1C1CCCNC1. The number of carbonyl (C=O) groups excluding carboxylic acids is 1. The molecule has 1 fully saturated rings. The molecule has 70 valence electrons. The first-order chi connectivity index (χ1) is 6.42. The minimum Gasteiger partial charge on any atom is -0.360 e. The van der Waals surface area contributed by atoms with Gasteiger partial charge in [0.05, 0.1) is 11.8 Å². The highest BCUT2D eigenvalue weighted by atomic mass is 16.5. The van der Waals surface area contributed by atoms with Crippen molar-refractivity contribution >= 4 is 6.29 Å². The number of aldehydes is 1. The smallest absolute Gasteiger partial charge is 0.155 e. The number of nitrogens with one attached hydrogen (secondary N) is 1. The van der Waals surface area contributed by atoms with Crippen LogP contribution in [0.2, 0.25) is 0 Å². The summed E-state index contributed by atoms with van der Waals surface area (Å²) >= 11 is 0. The van der Waals surface area contributed by atoms with E-state index in [9.17, 15) is 4.79 Å². The van der Waals surface area contributed by atoms with Gasteiger partial charge in [0, 0.05) is 12.5 Å². The third-order valence-corrected chi connectivity index (χ3v) is 2.42. The van der Waals surface area contributed by atoms with Crippen LogP contribution in [-0.2, 0) is 0 Å². The van der Waals surface area contributed by atoms with Gasteiger partial charge in [-0.3, -0.25) is 4.79 Å². The molecule has 0 bridgehead atoms. The second-order valence-corrected chi connectivity index (χ2v) is 3.31. The summed E-state index contributed by atoms with van der Waals surface area (Å²) in [5, 5.41) is 6.90. The van der Waals surface area contributed by atoms with Crippen molar-refractivity contribution in [2.24, 2.45) is 0 Å². The summed E-state index contributed by atoms with van der Waals surface area (Å²) in [5.41, 5.74) is 0.591. The molecule has 4 heteroatoms. The number of rotatable bonds is 2. The van der Waals surface area contributed by atoms with Gasteiger partial charge in [-0.1, -0.05) is 5.16 Å². The van der Waals surface area contributed by atoms with Crippen molar-refractivity contribution in [1.82, 2.24) is 10.5 Å². The zero-order valence-corrected chi connectivity index (χ0v) is 7.32. The lowest BCUT2D eigenvalue weighted by atomic mass is 9.95. The van der Waals surface area contributed by atoms with Crippen LogP contribution in [0.1, 0.15) is 34.9 Å². The Labute approximate surface area is 76.3 Å². The van der Waals surface area contributed by atoms with E-state index < -0.39 is 0 Å². The highest BCUT2D eigenvalue weighted by Crippen LogP contribution is 2.24. The van der Waals surface area contributed by atoms with Gasteiger partial charge in [0.25, 0.3) is 0 Å². The van der Waals surface area contributed by atoms with E-state index in [1.807, 2.05) is 0 Å². The molecule has 1 aromatic heterocycles. The molecular formula is C9H12N2O2. The van der Waals surface area contributed by atoms with E-state index in [2.05, 4.69) is 10.5 Å². The third-order valence-electron chi connectivity index (χ3n) is 2.42. The summed E-state index contributed by atoms with van der Waals surface area (Å²) in [4.78, 5) is 10.6. The van der Waals surface area contributed by atoms with Crippen LogP contribution in [0.25, 0.3) is 0 Å². The maximum Gasteiger partial charge on any atom is 0.155 e. The standard InChI is InChI=1S/C9H12N2O2/c12-6-8-5-11-13-9(8)7-2-1-3-10-4-7/h5-7,10H,1-4H2. The van der Waals surface area contributed by atoms with Gasteiger partial charge >= 0.3 is 0 Å². The minimum atomic E-state index is 0.316. The van der Waals surface area contributed by atoms with Gasteiger partial charge in [-0.05, 0) is 19.4 Å². The Balaban J connectivity index is 2.17. The van der Waals surface area contributed by atoms with Crippen molar-refractivity contribution in [2.45, 2.75) is 18.8 Å². The Bertz CT molecular complexity index is 290. The number of carbonyl (C=O) groups is 1. The quantitative estimate of drug-likeness (QED) is 0.688. The molecule has 1 aliphatic heterocycles. The Hall–Kier alpha value is -1.16. The Morgan fingerprint density at radius 1 is 1.69 bits per heavy atom. The van der Waals surface area contributed by atoms with Gasteiger partial charge in [-0.15, -0.1) is 0 Å². The van der Waals surface area contributed by atoms with Crippen molar-refractivity contribution in [2.75, 3.05) is 13.1 Å². The molecule has 1 N–H and O–H groups in total. The summed E-state index contributed by atoms with van der Waals surface area (Å²) in [6, 6.07) is 0. The van der Waals surface area contributed by atoms with Crippen molar-refractivity contribution < 1.29 is 9.32 Å². The lowest BCUT2D eigenvalue weighted by Crippen LogP contribution is -2.28. The molecule has 0 radical (unpaired) electrons. The topological polar surface area (TPSA) is 55.1 Å². The van der Waals surface area contributed by atoms with Crippen LogP contribution in [-0.4, -0.2) is 24.5 Å². The summed E-state index contributed by atoms with van der Waals surface area (Å²) in [5.74, 6) is 1.05. The summed E-state index contributed by atoms with van der Waals surface area (Å²) in [6.45, 7) is 1.94. The first kappa shape index (κ1) is 8.44. The van der Waals surface area contributed by atoms with Crippen molar-refractivity contribution in [3.8, 4) is 0 Å². The van der Waals surface area contributed by atoms with Gasteiger partial charge in [-0.25, -0.2) is 0 Å². The van der Waals surface area contributed by atoms with Crippen LogP contribution in [0.3, 0.4) is 0 Å². The molecule has 1 aliphatic rings. The third kappa shape index (κ3) is 1.62. The molecule has 13 heavy (non-hydrogen) atoms. The van der Waals surface area contributed by atoms with Gasteiger partial charge in [-0.2, -0.15) is 0 Å². The molecule has 0 amide bonds. The van der Waals surface area contributed by atoms with Crippen molar-refractivity contribution in [1.29, 1.82) is 0 Å². The molecule has 0 aliphatic carbocycles. The lowest BCUT2D eigenvalue weighted by Gasteiger charge is -2.20. The molecule has 2 heterocycles. The normalized spacial score (nSPS) is 22.9. The second-order valence-electron chi connectivity index (χ2n) is 3.31. The highest BCUT2D eigenvalue weighted by molar-refractivity contribution is 5.75. The van der Waals surface area contributed by atoms with Crippen LogP contribution < -0.4 is 5.32 Å². The fourth-order valence-electron chi connectivity index (χ4n) is 1.73. The van der Waals surface area contributed by atoms with E-state index in [0.29, 0.717) is 11.5 Å². The number of hydrogen-bond donors (Lipinski definition) is 1. The average molecular weight is 180 g/mol. The average Bonchev–Trinajstić information content (AvgIpc) is 2.67. The summed E-state index contributed by atoms with van der Waals surface area (Å²) < 4.78 is 5.07. The number of nitrogens with zero attached hydrogens (tertiary/aromatic N) is 1. The predicted molar refractivity (Wildman–Crippen MR) is 46.7 cm³/mol. The van der Waals surface area contributed by atoms with Crippen molar-refractivity contribution in [3.63, 3.8) is 0 Å². The van der Waals surface area contributed by atoms with E-state index in [1.165, 1.54) is 6.20 Å². The van der Waals surface area contributed by atoms with E-state index >= 15 is 0 Å². The Morgan fingerprint density at radius 2 is 2.62 bits per heavy atom. The van der Waals surface area contributed by atoms with Crippen LogP contribution in [0.4, 0.5) is 0 Å². The fourth-order valence-corrected chi connectivity index (χ4v) is 1.73. The monoisotopic (exact) mass is 180 g/mol. The van der Waals surface area contributed by atoms with Gasteiger partial charge in [0.15, 0.2) is 12.0 Å². The molecule has 1 unspecified atom stereocenters. The first-order valence-electron chi connectivity index (χ1n) is 4.52. The molecule has 1 aromatic rings. The molecule has 4 nitrogen and oxygen atoms in total. The van der Waals surface area contributed by atoms with Crippen LogP contribution in [0, 0.1) is 0 Å². The zero-order valence-electron chi connectivity index (χ0n) is 7.32. The number of aromatic nitrogens is 1. The molecular weight excluding hydrogens is 168 g/mol. The number of hydrogen-bond acceptors (Lipinski definition) is 4. The van der Waals surface area contributed by atoms with E-state index in [1.54, 1.807) is 0 Å². The van der Waals surface area contributed by atoms with E-state index in [4.69, 9.17) is 4.52 Å². The van der Waals surface area contributed by atoms with Crippen LogP contribution in [0.15, 0.2) is 10.7 Å². The van der Waals surface area contributed by atoms with Gasteiger partial charge < -0.3 is 9.84 Å². The molecule has 0 aromatic carbocycles. The minimum absolute atomic E-state index is 0.316. The summed E-state index contributed by atoms with van der Waals surface area (Å²) in [7, 11) is 0. The zero-order chi connectivity index (χ0) is 9.10. The molecule has 0 saturated carbocycles. The Morgan fingerprint density at radius 3 is 3.31 bits per heavy atom. The Kier molecular flexibility index (Phi) is 2.40. The van der Waals surface area contributed by atoms with Crippen LogP contribution >= 0.6 is 0 Å². The van der Waals surface area contributed by atoms with E-state index in [-0.39, 0.29) is 0 Å². The number of piperidine rings is 1. The largest absolute Gasteiger partial charge is 0.360 e. The molecule has 1 saturated heterocycles. The van der Waals surface area contributed by atoms with Gasteiger partial charge in [0.2, 0.25) is 0 Å². The van der Waals surface area contributed by atoms with Crippen molar-refractivity contribution in [3.05, 3.63) is 17.5 Å². The first-order valence-corrected chi connectivity index (χ1v) is 4.52. The van der Waals surface area contributed by atoms with E-state index in [0.717, 1.165) is 38.0 Å². The second kappa shape index (κ2) is 3.70.